The molecule has 0 aliphatic carbocycles. The Labute approximate surface area is 151 Å². The van der Waals surface area contributed by atoms with Crippen LogP contribution in [0.5, 0.6) is 0 Å². The topological polar surface area (TPSA) is 37.3 Å². The molecule has 0 aliphatic heterocycles. The predicted octanol–water partition coefficient (Wildman–Crippen LogP) is 5.30. The molecule has 0 saturated heterocycles. The van der Waals surface area contributed by atoms with E-state index in [1.54, 1.807) is 0 Å². The summed E-state index contributed by atoms with van der Waals surface area (Å²) >= 11 is 7.89. The van der Waals surface area contributed by atoms with Gasteiger partial charge in [-0.05, 0) is 45.3 Å². The van der Waals surface area contributed by atoms with E-state index in [4.69, 9.17) is 5.11 Å². The van der Waals surface area contributed by atoms with E-state index < -0.39 is 11.3 Å². The summed E-state index contributed by atoms with van der Waals surface area (Å²) in [6, 6.07) is 19.8. The van der Waals surface area contributed by atoms with Crippen LogP contribution in [-0.4, -0.2) is 16.4 Å². The molecule has 0 unspecified atom stereocenters. The molecule has 0 radical (unpaired) electrons. The molecule has 0 bridgehead atoms. The van der Waals surface area contributed by atoms with Gasteiger partial charge in [0.15, 0.2) is 0 Å². The normalized spacial score (nSPS) is 11.9. The van der Waals surface area contributed by atoms with Crippen molar-refractivity contribution in [2.24, 2.45) is 0 Å². The Morgan fingerprint density at radius 3 is 2.00 bits per heavy atom. The third kappa shape index (κ3) is 3.52. The number of carboxylic acid groups (broad SMARTS) is 1. The minimum atomic E-state index is -2.11. The van der Waals surface area contributed by atoms with Gasteiger partial charge in [-0.3, -0.25) is 4.79 Å². The number of rotatable bonds is 5. The molecule has 2 nitrogen and oxygen atoms in total. The van der Waals surface area contributed by atoms with Gasteiger partial charge in [0.25, 0.3) is 0 Å². The third-order valence-corrected chi connectivity index (χ3v) is 11.0. The first-order valence-corrected chi connectivity index (χ1v) is 14.2. The Bertz CT molecular complexity index is 823. The van der Waals surface area contributed by atoms with Gasteiger partial charge in [-0.1, -0.05) is 48.5 Å². The van der Waals surface area contributed by atoms with Gasteiger partial charge in [-0.2, -0.15) is 0 Å². The minimum absolute atomic E-state index is 0.203. The number of benzene rings is 3. The lowest BCUT2D eigenvalue weighted by molar-refractivity contribution is -0.137. The molecule has 0 amide bonds. The average Bonchev–Trinajstić information content (AvgIpc) is 2.51. The van der Waals surface area contributed by atoms with Crippen molar-refractivity contribution in [3.05, 3.63) is 54.6 Å². The lowest BCUT2D eigenvalue weighted by Crippen LogP contribution is -2.36. The fraction of sp³-hybridized carbons (Fsp3) is 0.167. The predicted molar refractivity (Wildman–Crippen MR) is 106 cm³/mol. The highest BCUT2D eigenvalue weighted by Gasteiger charge is 2.32. The van der Waals surface area contributed by atoms with E-state index in [0.717, 1.165) is 6.04 Å². The minimum Gasteiger partial charge on any atom is -0.481 e. The van der Waals surface area contributed by atoms with Gasteiger partial charge >= 0.3 is 5.97 Å². The van der Waals surface area contributed by atoms with Crippen molar-refractivity contribution in [3.63, 3.8) is 0 Å². The molecule has 0 aliphatic rings. The number of fused-ring (bicyclic) bond motifs is 2. The summed E-state index contributed by atoms with van der Waals surface area (Å²) < 4.78 is 0. The molecule has 0 saturated carbocycles. The van der Waals surface area contributed by atoms with Gasteiger partial charge in [0.2, 0.25) is 5.31 Å². The Hall–Kier alpha value is -1.17. The first-order valence-electron chi connectivity index (χ1n) is 7.49. The van der Waals surface area contributed by atoms with Crippen molar-refractivity contribution < 1.29 is 9.90 Å². The van der Waals surface area contributed by atoms with Crippen LogP contribution < -0.4 is 5.19 Å². The highest BCUT2D eigenvalue weighted by atomic mass is 79.9. The lowest BCUT2D eigenvalue weighted by Gasteiger charge is -2.22. The maximum absolute atomic E-state index is 10.8. The zero-order valence-electron chi connectivity index (χ0n) is 12.4. The molecule has 0 aromatic heterocycles. The highest BCUT2D eigenvalue weighted by Crippen LogP contribution is 2.33. The molecule has 23 heavy (non-hydrogen) atoms. The van der Waals surface area contributed by atoms with Crippen LogP contribution in [0, 0.1) is 0 Å². The van der Waals surface area contributed by atoms with Crippen molar-refractivity contribution in [3.8, 4) is 0 Å². The summed E-state index contributed by atoms with van der Waals surface area (Å²) in [5, 5.41) is 13.0. The molecule has 1 N–H and O–H groups in total. The molecule has 5 heteroatoms. The van der Waals surface area contributed by atoms with Crippen LogP contribution in [0.3, 0.4) is 0 Å². The average molecular weight is 452 g/mol. The summed E-state index contributed by atoms with van der Waals surface area (Å²) in [6.07, 6.45) is 0.865. The summed E-state index contributed by atoms with van der Waals surface area (Å²) in [5.74, 6) is -0.738. The smallest absolute Gasteiger partial charge is 0.303 e. The number of aliphatic carboxylic acids is 1. The maximum Gasteiger partial charge on any atom is 0.303 e. The van der Waals surface area contributed by atoms with Gasteiger partial charge in [-0.25, -0.2) is 0 Å². The number of hydrogen-bond acceptors (Lipinski definition) is 1. The van der Waals surface area contributed by atoms with Crippen molar-refractivity contribution in [1.29, 1.82) is 0 Å². The van der Waals surface area contributed by atoms with E-state index >= 15 is 0 Å². The second kappa shape index (κ2) is 6.75. The van der Waals surface area contributed by atoms with E-state index in [0.29, 0.717) is 6.42 Å². The lowest BCUT2D eigenvalue weighted by atomic mass is 10.0. The van der Waals surface area contributed by atoms with Crippen LogP contribution in [0.15, 0.2) is 54.6 Å². The zero-order valence-corrected chi connectivity index (χ0v) is 16.6. The largest absolute Gasteiger partial charge is 0.481 e. The Balaban J connectivity index is 2.17. The monoisotopic (exact) mass is 450 g/mol. The Morgan fingerprint density at radius 2 is 1.48 bits per heavy atom. The molecule has 118 valence electrons. The van der Waals surface area contributed by atoms with Crippen LogP contribution in [0.2, 0.25) is 6.04 Å². The molecule has 0 heterocycles. The fourth-order valence-electron chi connectivity index (χ4n) is 2.99. The first kappa shape index (κ1) is 16.7. The number of halogens is 2. The van der Waals surface area contributed by atoms with Gasteiger partial charge < -0.3 is 5.11 Å². The van der Waals surface area contributed by atoms with Crippen molar-refractivity contribution in [2.75, 3.05) is 0 Å². The quantitative estimate of drug-likeness (QED) is 0.324. The van der Waals surface area contributed by atoms with E-state index in [1.807, 2.05) is 0 Å². The molecular weight excluding hydrogens is 436 g/mol. The van der Waals surface area contributed by atoms with Crippen LogP contribution in [0.25, 0.3) is 21.5 Å². The summed E-state index contributed by atoms with van der Waals surface area (Å²) in [7, 11) is 0. The standard InChI is InChI=1S/C18H16Br2O2Si/c19-23(20,11-5-10-17(21)22)18-15-8-3-1-6-13(15)12-14-7-2-4-9-16(14)18/h1-4,6-9,12H,5,10-11H2,(H,21,22). The fourth-order valence-corrected chi connectivity index (χ4v) is 9.35. The van der Waals surface area contributed by atoms with Gasteiger partial charge in [0, 0.05) is 6.42 Å². The highest BCUT2D eigenvalue weighted by molar-refractivity contribution is 9.51. The van der Waals surface area contributed by atoms with Crippen molar-refractivity contribution >= 4 is 68.6 Å². The summed E-state index contributed by atoms with van der Waals surface area (Å²) in [4.78, 5) is 10.8. The number of carbonyl (C=O) groups is 1. The summed E-state index contributed by atoms with van der Waals surface area (Å²) in [5.41, 5.74) is 0. The zero-order chi connectivity index (χ0) is 16.4. The van der Waals surface area contributed by atoms with Crippen LogP contribution in [0.4, 0.5) is 0 Å². The molecule has 0 atom stereocenters. The van der Waals surface area contributed by atoms with E-state index in [-0.39, 0.29) is 6.42 Å². The number of carboxylic acids is 1. The third-order valence-electron chi connectivity index (χ3n) is 4.02. The van der Waals surface area contributed by atoms with Gasteiger partial charge in [0.05, 0.1) is 0 Å². The van der Waals surface area contributed by atoms with Crippen molar-refractivity contribution in [2.45, 2.75) is 18.9 Å². The molecular formula is C18H16Br2O2Si. The second-order valence-electron chi connectivity index (χ2n) is 5.65. The van der Waals surface area contributed by atoms with Crippen LogP contribution in [-0.2, 0) is 4.79 Å². The summed E-state index contributed by atoms with van der Waals surface area (Å²) in [6.45, 7) is 0. The Kier molecular flexibility index (Phi) is 4.89. The number of hydrogen-bond donors (Lipinski definition) is 1. The SMILES string of the molecule is O=C(O)CCC[Si](Br)(Br)c1c2ccccc2cc2ccccc12. The second-order valence-corrected chi connectivity index (χ2v) is 19.4. The van der Waals surface area contributed by atoms with E-state index in [2.05, 4.69) is 85.2 Å². The van der Waals surface area contributed by atoms with E-state index in [1.165, 1.54) is 26.7 Å². The molecule has 3 aromatic rings. The first-order chi connectivity index (χ1) is 11.0. The van der Waals surface area contributed by atoms with Crippen LogP contribution >= 0.6 is 30.6 Å². The Morgan fingerprint density at radius 1 is 0.957 bits per heavy atom. The van der Waals surface area contributed by atoms with Gasteiger partial charge in [0.1, 0.15) is 0 Å². The molecule has 0 spiro atoms. The molecule has 3 aromatic carbocycles. The van der Waals surface area contributed by atoms with E-state index in [9.17, 15) is 4.79 Å². The maximum atomic E-state index is 10.8. The molecule has 0 fully saturated rings. The van der Waals surface area contributed by atoms with Gasteiger partial charge in [-0.15, -0.1) is 30.6 Å². The van der Waals surface area contributed by atoms with Crippen LogP contribution in [0.1, 0.15) is 12.8 Å². The van der Waals surface area contributed by atoms with Crippen molar-refractivity contribution in [1.82, 2.24) is 0 Å². The molecule has 3 rings (SSSR count).